The molecule has 0 atom stereocenters. The Hall–Kier alpha value is -1.84. The minimum absolute atomic E-state index is 0.0746. The number of nitrogens with one attached hydrogen (secondary N) is 1. The van der Waals surface area contributed by atoms with Gasteiger partial charge in [0.25, 0.3) is 0 Å². The number of nitrogens with zero attached hydrogens (tertiary/aromatic N) is 1. The molecular weight excluding hydrogens is 180 g/mol. The number of carboxylic acid groups (broad SMARTS) is 1. The normalized spacial score (nSPS) is 9.29. The lowest BCUT2D eigenvalue weighted by Gasteiger charge is -1.87. The smallest absolute Gasteiger partial charge is 0.357 e. The van der Waals surface area contributed by atoms with Crippen molar-refractivity contribution in [2.45, 2.75) is 13.8 Å². The highest BCUT2D eigenvalue weighted by atomic mass is 16.4. The molecule has 0 fully saturated rings. The number of hydrogen-bond acceptors (Lipinski definition) is 2. The molecule has 2 N–H and O–H groups in total. The van der Waals surface area contributed by atoms with Gasteiger partial charge < -0.3 is 5.11 Å². The van der Waals surface area contributed by atoms with E-state index in [9.17, 15) is 4.79 Å². The van der Waals surface area contributed by atoms with E-state index >= 15 is 0 Å². The number of H-pyrrole nitrogens is 1. The Morgan fingerprint density at radius 2 is 2.00 bits per heavy atom. The maximum absolute atomic E-state index is 10.6. The second-order valence-electron chi connectivity index (χ2n) is 2.42. The molecule has 1 heterocycles. The molecule has 0 amide bonds. The van der Waals surface area contributed by atoms with Crippen LogP contribution in [-0.4, -0.2) is 21.3 Å². The molecule has 0 radical (unpaired) electrons. The molecule has 0 aliphatic carbocycles. The lowest BCUT2D eigenvalue weighted by Crippen LogP contribution is -1.96. The molecule has 2 rings (SSSR count). The molecule has 0 aliphatic heterocycles. The van der Waals surface area contributed by atoms with Crippen LogP contribution in [0.4, 0.5) is 0 Å². The quantitative estimate of drug-likeness (QED) is 0.728. The zero-order valence-electron chi connectivity index (χ0n) is 8.11. The van der Waals surface area contributed by atoms with E-state index in [0.717, 1.165) is 5.52 Å². The first-order chi connectivity index (χ1) is 6.79. The van der Waals surface area contributed by atoms with Crippen molar-refractivity contribution in [1.29, 1.82) is 0 Å². The lowest BCUT2D eigenvalue weighted by atomic mass is 10.2. The van der Waals surface area contributed by atoms with Crippen LogP contribution in [-0.2, 0) is 0 Å². The monoisotopic (exact) mass is 192 g/mol. The van der Waals surface area contributed by atoms with Gasteiger partial charge in [0.05, 0.1) is 5.52 Å². The summed E-state index contributed by atoms with van der Waals surface area (Å²) in [5, 5.41) is 15.6. The Morgan fingerprint density at radius 1 is 1.36 bits per heavy atom. The Balaban J connectivity index is 0.000000461. The Morgan fingerprint density at radius 3 is 2.64 bits per heavy atom. The highest BCUT2D eigenvalue weighted by Gasteiger charge is 2.10. The lowest BCUT2D eigenvalue weighted by molar-refractivity contribution is 0.0692. The van der Waals surface area contributed by atoms with Crippen molar-refractivity contribution in [3.8, 4) is 0 Å². The van der Waals surface area contributed by atoms with Crippen LogP contribution in [0.3, 0.4) is 0 Å². The van der Waals surface area contributed by atoms with Crippen LogP contribution in [0.25, 0.3) is 10.9 Å². The van der Waals surface area contributed by atoms with E-state index in [1.165, 1.54) is 0 Å². The number of aromatic amines is 1. The van der Waals surface area contributed by atoms with Crippen molar-refractivity contribution in [2.24, 2.45) is 0 Å². The van der Waals surface area contributed by atoms with E-state index in [1.807, 2.05) is 19.9 Å². The molecule has 14 heavy (non-hydrogen) atoms. The van der Waals surface area contributed by atoms with Gasteiger partial charge in [0.1, 0.15) is 0 Å². The Kier molecular flexibility index (Phi) is 3.23. The zero-order chi connectivity index (χ0) is 10.6. The summed E-state index contributed by atoms with van der Waals surface area (Å²) in [6.45, 7) is 4.00. The first-order valence-electron chi connectivity index (χ1n) is 4.45. The number of carboxylic acids is 1. The van der Waals surface area contributed by atoms with Crippen molar-refractivity contribution in [1.82, 2.24) is 10.2 Å². The maximum Gasteiger partial charge on any atom is 0.357 e. The number of fused-ring (bicyclic) bond motifs is 1. The summed E-state index contributed by atoms with van der Waals surface area (Å²) in [6, 6.07) is 7.12. The van der Waals surface area contributed by atoms with E-state index < -0.39 is 5.97 Å². The van der Waals surface area contributed by atoms with Crippen LogP contribution in [0.5, 0.6) is 0 Å². The summed E-state index contributed by atoms with van der Waals surface area (Å²) in [5.74, 6) is -1.01. The van der Waals surface area contributed by atoms with Crippen molar-refractivity contribution >= 4 is 16.9 Å². The molecule has 0 bridgehead atoms. The van der Waals surface area contributed by atoms with Crippen LogP contribution in [0.2, 0.25) is 0 Å². The largest absolute Gasteiger partial charge is 0.476 e. The number of aromatic carboxylic acids is 1. The molecule has 0 unspecified atom stereocenters. The average molecular weight is 192 g/mol. The van der Waals surface area contributed by atoms with Gasteiger partial charge in [-0.15, -0.1) is 0 Å². The van der Waals surface area contributed by atoms with Crippen molar-refractivity contribution < 1.29 is 9.90 Å². The van der Waals surface area contributed by atoms with Crippen LogP contribution in [0.15, 0.2) is 24.3 Å². The van der Waals surface area contributed by atoms with E-state index in [2.05, 4.69) is 10.2 Å². The molecule has 1 aromatic carbocycles. The van der Waals surface area contributed by atoms with Crippen molar-refractivity contribution in [2.75, 3.05) is 0 Å². The fourth-order valence-corrected chi connectivity index (χ4v) is 1.13. The summed E-state index contributed by atoms with van der Waals surface area (Å²) in [5.41, 5.74) is 0.820. The molecule has 0 saturated carbocycles. The molecule has 2 aromatic rings. The summed E-state index contributed by atoms with van der Waals surface area (Å²) in [6.07, 6.45) is 0. The average Bonchev–Trinajstić information content (AvgIpc) is 2.64. The van der Waals surface area contributed by atoms with Crippen LogP contribution >= 0.6 is 0 Å². The van der Waals surface area contributed by atoms with Gasteiger partial charge >= 0.3 is 5.97 Å². The summed E-state index contributed by atoms with van der Waals surface area (Å²) < 4.78 is 0. The van der Waals surface area contributed by atoms with Gasteiger partial charge in [-0.3, -0.25) is 5.10 Å². The SMILES string of the molecule is CC.O=C(O)c1n[nH]c2ccccc12. The number of carbonyl (C=O) groups is 1. The third-order valence-electron chi connectivity index (χ3n) is 1.67. The molecule has 0 spiro atoms. The van der Waals surface area contributed by atoms with Gasteiger partial charge in [0.2, 0.25) is 0 Å². The summed E-state index contributed by atoms with van der Waals surface area (Å²) >= 11 is 0. The number of benzene rings is 1. The van der Waals surface area contributed by atoms with Gasteiger partial charge in [0, 0.05) is 5.39 Å². The molecule has 4 heteroatoms. The maximum atomic E-state index is 10.6. The molecule has 1 aromatic heterocycles. The third-order valence-corrected chi connectivity index (χ3v) is 1.67. The first kappa shape index (κ1) is 10.2. The third kappa shape index (κ3) is 1.74. The second kappa shape index (κ2) is 4.41. The van der Waals surface area contributed by atoms with Crippen LogP contribution in [0.1, 0.15) is 24.3 Å². The van der Waals surface area contributed by atoms with Crippen molar-refractivity contribution in [3.05, 3.63) is 30.0 Å². The Labute approximate surface area is 81.6 Å². The molecular formula is C10H12N2O2. The minimum atomic E-state index is -1.01. The Bertz CT molecular complexity index is 434. The van der Waals surface area contributed by atoms with Gasteiger partial charge in [-0.1, -0.05) is 32.0 Å². The van der Waals surface area contributed by atoms with Gasteiger partial charge in [-0.25, -0.2) is 4.79 Å². The topological polar surface area (TPSA) is 66.0 Å². The molecule has 4 nitrogen and oxygen atoms in total. The number of para-hydroxylation sites is 1. The predicted molar refractivity (Wildman–Crippen MR) is 54.4 cm³/mol. The zero-order valence-corrected chi connectivity index (χ0v) is 8.11. The fourth-order valence-electron chi connectivity index (χ4n) is 1.13. The number of rotatable bonds is 1. The van der Waals surface area contributed by atoms with Crippen molar-refractivity contribution in [3.63, 3.8) is 0 Å². The van der Waals surface area contributed by atoms with Gasteiger partial charge in [-0.2, -0.15) is 5.10 Å². The predicted octanol–water partition coefficient (Wildman–Crippen LogP) is 2.29. The highest BCUT2D eigenvalue weighted by molar-refractivity contribution is 6.00. The van der Waals surface area contributed by atoms with E-state index in [1.54, 1.807) is 18.2 Å². The molecule has 74 valence electrons. The summed E-state index contributed by atoms with van der Waals surface area (Å²) in [4.78, 5) is 10.6. The first-order valence-corrected chi connectivity index (χ1v) is 4.45. The van der Waals surface area contributed by atoms with Crippen LogP contribution in [0, 0.1) is 0 Å². The van der Waals surface area contributed by atoms with Gasteiger partial charge in [-0.05, 0) is 6.07 Å². The fraction of sp³-hybridized carbons (Fsp3) is 0.200. The molecule has 0 saturated heterocycles. The van der Waals surface area contributed by atoms with E-state index in [4.69, 9.17) is 5.11 Å². The number of hydrogen-bond donors (Lipinski definition) is 2. The second-order valence-corrected chi connectivity index (χ2v) is 2.42. The molecule has 0 aliphatic rings. The number of aromatic nitrogens is 2. The highest BCUT2D eigenvalue weighted by Crippen LogP contribution is 2.14. The minimum Gasteiger partial charge on any atom is -0.476 e. The van der Waals surface area contributed by atoms with Gasteiger partial charge in [0.15, 0.2) is 5.69 Å². The standard InChI is InChI=1S/C8H6N2O2.C2H6/c11-8(12)7-5-3-1-2-4-6(5)9-10-7;1-2/h1-4H,(H,9,10)(H,11,12);1-2H3. The van der Waals surface area contributed by atoms with E-state index in [0.29, 0.717) is 5.39 Å². The van der Waals surface area contributed by atoms with E-state index in [-0.39, 0.29) is 5.69 Å². The van der Waals surface area contributed by atoms with Crippen LogP contribution < -0.4 is 0 Å². The summed E-state index contributed by atoms with van der Waals surface area (Å²) in [7, 11) is 0.